The lowest BCUT2D eigenvalue weighted by Gasteiger charge is -2.32. The molecule has 2 amide bonds. The van der Waals surface area contributed by atoms with Crippen LogP contribution in [0.1, 0.15) is 43.0 Å². The average molecular weight is 446 g/mol. The van der Waals surface area contributed by atoms with Gasteiger partial charge in [0.05, 0.1) is 28.7 Å². The highest BCUT2D eigenvalue weighted by atomic mass is 32.2. The Morgan fingerprint density at radius 1 is 1.26 bits per heavy atom. The lowest BCUT2D eigenvalue weighted by atomic mass is 9.98. The van der Waals surface area contributed by atoms with Crippen molar-refractivity contribution in [2.24, 2.45) is 0 Å². The van der Waals surface area contributed by atoms with E-state index in [0.29, 0.717) is 11.3 Å². The van der Waals surface area contributed by atoms with Gasteiger partial charge in [-0.1, -0.05) is 43.2 Å². The van der Waals surface area contributed by atoms with E-state index in [1.807, 2.05) is 30.3 Å². The van der Waals surface area contributed by atoms with Gasteiger partial charge in [0.1, 0.15) is 6.04 Å². The highest BCUT2D eigenvalue weighted by molar-refractivity contribution is 7.89. The summed E-state index contributed by atoms with van der Waals surface area (Å²) in [5.41, 5.74) is 1.06. The van der Waals surface area contributed by atoms with E-state index in [9.17, 15) is 18.0 Å². The third-order valence-electron chi connectivity index (χ3n) is 6.14. The summed E-state index contributed by atoms with van der Waals surface area (Å²) in [5, 5.41) is 12.6. The van der Waals surface area contributed by atoms with Crippen molar-refractivity contribution in [1.82, 2.24) is 25.1 Å². The molecule has 10 heteroatoms. The normalized spacial score (nSPS) is 21.6. The molecule has 9 nitrogen and oxygen atoms in total. The first-order valence-electron chi connectivity index (χ1n) is 10.5. The van der Waals surface area contributed by atoms with Gasteiger partial charge in [0, 0.05) is 18.7 Å². The van der Waals surface area contributed by atoms with Crippen molar-refractivity contribution in [3.8, 4) is 11.3 Å². The highest BCUT2D eigenvalue weighted by Gasteiger charge is 2.45. The molecule has 1 aromatic carbocycles. The molecule has 2 aliphatic rings. The highest BCUT2D eigenvalue weighted by Crippen LogP contribution is 2.33. The van der Waals surface area contributed by atoms with Gasteiger partial charge >= 0.3 is 0 Å². The quantitative estimate of drug-likeness (QED) is 0.639. The number of aromatic amines is 1. The third kappa shape index (κ3) is 4.35. The van der Waals surface area contributed by atoms with Crippen molar-refractivity contribution in [2.45, 2.75) is 44.2 Å². The molecule has 0 bridgehead atoms. The van der Waals surface area contributed by atoms with Gasteiger partial charge in [0.2, 0.25) is 15.9 Å². The topological polar surface area (TPSA) is 124 Å². The summed E-state index contributed by atoms with van der Waals surface area (Å²) in [6, 6.07) is 8.28. The monoisotopic (exact) mass is 445 g/mol. The standard InChI is InChI=1S/C21H27N5O4S/c1-2-31(29,30)26-13-17(20(28)24-21(14-26)10-6-7-11-21)23-19(27)16-12-22-25-18(16)15-8-4-3-5-9-15/h3-5,8-9,12,17H,2,6-7,10-11,13-14H2,1H3,(H,22,25)(H,23,27)(H,24,28). The molecule has 1 atom stereocenters. The molecule has 2 aromatic rings. The van der Waals surface area contributed by atoms with E-state index >= 15 is 0 Å². The molecule has 1 aliphatic carbocycles. The van der Waals surface area contributed by atoms with Crippen LogP contribution in [-0.4, -0.2) is 65.2 Å². The summed E-state index contributed by atoms with van der Waals surface area (Å²) >= 11 is 0. The van der Waals surface area contributed by atoms with E-state index in [4.69, 9.17) is 0 Å². The predicted molar refractivity (Wildman–Crippen MR) is 116 cm³/mol. The number of sulfonamides is 1. The second-order valence-electron chi connectivity index (χ2n) is 8.22. The Bertz CT molecular complexity index is 1060. The minimum absolute atomic E-state index is 0.0577. The number of H-pyrrole nitrogens is 1. The zero-order valence-corrected chi connectivity index (χ0v) is 18.2. The number of nitrogens with one attached hydrogen (secondary N) is 3. The van der Waals surface area contributed by atoms with E-state index in [1.54, 1.807) is 6.92 Å². The van der Waals surface area contributed by atoms with Gasteiger partial charge in [0.15, 0.2) is 0 Å². The van der Waals surface area contributed by atoms with Crippen LogP contribution in [-0.2, 0) is 14.8 Å². The summed E-state index contributed by atoms with van der Waals surface area (Å²) < 4.78 is 26.8. The third-order valence-corrected chi connectivity index (χ3v) is 7.94. The molecule has 166 valence electrons. The summed E-state index contributed by atoms with van der Waals surface area (Å²) in [7, 11) is -3.53. The largest absolute Gasteiger partial charge is 0.348 e. The van der Waals surface area contributed by atoms with Crippen LogP contribution in [0.5, 0.6) is 0 Å². The lowest BCUT2D eigenvalue weighted by Crippen LogP contribution is -2.54. The number of rotatable bonds is 5. The van der Waals surface area contributed by atoms with Crippen molar-refractivity contribution in [1.29, 1.82) is 0 Å². The van der Waals surface area contributed by atoms with Crippen molar-refractivity contribution >= 4 is 21.8 Å². The maximum atomic E-state index is 13.0. The maximum Gasteiger partial charge on any atom is 0.255 e. The number of benzene rings is 1. The van der Waals surface area contributed by atoms with E-state index in [2.05, 4.69) is 20.8 Å². The number of carbonyl (C=O) groups is 2. The minimum Gasteiger partial charge on any atom is -0.348 e. The molecule has 1 saturated carbocycles. The fraction of sp³-hybridized carbons (Fsp3) is 0.476. The van der Waals surface area contributed by atoms with Gasteiger partial charge in [-0.05, 0) is 19.8 Å². The fourth-order valence-corrected chi connectivity index (χ4v) is 5.62. The van der Waals surface area contributed by atoms with E-state index in [0.717, 1.165) is 31.2 Å². The molecule has 1 saturated heterocycles. The molecular formula is C21H27N5O4S. The number of hydrogen-bond acceptors (Lipinski definition) is 5. The number of hydrogen-bond donors (Lipinski definition) is 3. The number of aromatic nitrogens is 2. The molecule has 3 N–H and O–H groups in total. The molecule has 4 rings (SSSR count). The minimum atomic E-state index is -3.53. The SMILES string of the molecule is CCS(=O)(=O)N1CC(NC(=O)c2cn[nH]c2-c2ccccc2)C(=O)NC2(CCCC2)C1. The van der Waals surface area contributed by atoms with Gasteiger partial charge in [-0.25, -0.2) is 8.42 Å². The van der Waals surface area contributed by atoms with Gasteiger partial charge in [-0.3, -0.25) is 14.7 Å². The maximum absolute atomic E-state index is 13.0. The molecule has 1 aromatic heterocycles. The molecule has 0 radical (unpaired) electrons. The second kappa shape index (κ2) is 8.43. The van der Waals surface area contributed by atoms with Crippen LogP contribution in [0, 0.1) is 0 Å². The molecule has 2 fully saturated rings. The first-order chi connectivity index (χ1) is 14.8. The molecular weight excluding hydrogens is 418 g/mol. The van der Waals surface area contributed by atoms with Crippen LogP contribution < -0.4 is 10.6 Å². The lowest BCUT2D eigenvalue weighted by molar-refractivity contribution is -0.124. The van der Waals surface area contributed by atoms with E-state index < -0.39 is 27.5 Å². The number of nitrogens with zero attached hydrogens (tertiary/aromatic N) is 2. The Balaban J connectivity index is 1.60. The summed E-state index contributed by atoms with van der Waals surface area (Å²) in [6.07, 6.45) is 4.74. The van der Waals surface area contributed by atoms with Gasteiger partial charge in [-0.15, -0.1) is 0 Å². The summed E-state index contributed by atoms with van der Waals surface area (Å²) in [5.74, 6) is -0.893. The van der Waals surface area contributed by atoms with Crippen LogP contribution in [0.25, 0.3) is 11.3 Å². The van der Waals surface area contributed by atoms with Crippen molar-refractivity contribution in [2.75, 3.05) is 18.8 Å². The first kappa shape index (κ1) is 21.5. The second-order valence-corrected chi connectivity index (χ2v) is 10.5. The number of carbonyl (C=O) groups excluding carboxylic acids is 2. The van der Waals surface area contributed by atoms with Gasteiger partial charge < -0.3 is 10.6 Å². The van der Waals surface area contributed by atoms with E-state index in [1.165, 1.54) is 10.5 Å². The Morgan fingerprint density at radius 3 is 2.65 bits per heavy atom. The molecule has 1 spiro atoms. The molecule has 1 unspecified atom stereocenters. The summed E-state index contributed by atoms with van der Waals surface area (Å²) in [6.45, 7) is 1.73. The summed E-state index contributed by atoms with van der Waals surface area (Å²) in [4.78, 5) is 26.1. The van der Waals surface area contributed by atoms with E-state index in [-0.39, 0.29) is 24.7 Å². The van der Waals surface area contributed by atoms with Crippen LogP contribution in [0.2, 0.25) is 0 Å². The van der Waals surface area contributed by atoms with Gasteiger partial charge in [0.25, 0.3) is 5.91 Å². The fourth-order valence-electron chi connectivity index (χ4n) is 4.44. The Hall–Kier alpha value is -2.72. The van der Waals surface area contributed by atoms with Gasteiger partial charge in [-0.2, -0.15) is 9.40 Å². The number of amides is 2. The molecule has 31 heavy (non-hydrogen) atoms. The zero-order valence-electron chi connectivity index (χ0n) is 17.4. The first-order valence-corrected chi connectivity index (χ1v) is 12.1. The molecule has 1 aliphatic heterocycles. The Morgan fingerprint density at radius 2 is 1.97 bits per heavy atom. The van der Waals surface area contributed by atoms with Crippen LogP contribution in [0.15, 0.2) is 36.5 Å². The van der Waals surface area contributed by atoms with Crippen LogP contribution in [0.4, 0.5) is 0 Å². The molecule has 2 heterocycles. The van der Waals surface area contributed by atoms with Crippen LogP contribution in [0.3, 0.4) is 0 Å². The Kier molecular flexibility index (Phi) is 5.85. The predicted octanol–water partition coefficient (Wildman–Crippen LogP) is 1.27. The smallest absolute Gasteiger partial charge is 0.255 e. The van der Waals surface area contributed by atoms with Crippen molar-refractivity contribution in [3.63, 3.8) is 0 Å². The average Bonchev–Trinajstić information content (AvgIpc) is 3.40. The van der Waals surface area contributed by atoms with Crippen molar-refractivity contribution < 1.29 is 18.0 Å². The van der Waals surface area contributed by atoms with Crippen LogP contribution >= 0.6 is 0 Å². The Labute approximate surface area is 181 Å². The van der Waals surface area contributed by atoms with Crippen molar-refractivity contribution in [3.05, 3.63) is 42.1 Å². The zero-order chi connectivity index (χ0) is 22.1.